The molecule has 9 nitrogen and oxygen atoms in total. The first-order valence-electron chi connectivity index (χ1n) is 10.5. The van der Waals surface area contributed by atoms with E-state index >= 15 is 0 Å². The molecular formula is C22H22N4O5S. The third-order valence-electron chi connectivity index (χ3n) is 5.93. The van der Waals surface area contributed by atoms with Gasteiger partial charge in [-0.25, -0.2) is 9.78 Å². The number of fused-ring (bicyclic) bond motifs is 2. The molecule has 0 saturated heterocycles. The van der Waals surface area contributed by atoms with Crippen LogP contribution in [-0.4, -0.2) is 47.6 Å². The lowest BCUT2D eigenvalue weighted by Gasteiger charge is -2.37. The van der Waals surface area contributed by atoms with Crippen LogP contribution in [0, 0.1) is 0 Å². The summed E-state index contributed by atoms with van der Waals surface area (Å²) >= 11 is 1.21. The lowest BCUT2D eigenvalue weighted by atomic mass is 9.90. The second-order valence-electron chi connectivity index (χ2n) is 7.96. The maximum atomic E-state index is 12.8. The van der Waals surface area contributed by atoms with Crippen molar-refractivity contribution in [2.45, 2.75) is 31.7 Å². The minimum absolute atomic E-state index is 0.200. The summed E-state index contributed by atoms with van der Waals surface area (Å²) in [6.07, 6.45) is 5.35. The number of amides is 2. The molecule has 0 spiro atoms. The van der Waals surface area contributed by atoms with Gasteiger partial charge in [0.1, 0.15) is 17.2 Å². The van der Waals surface area contributed by atoms with Crippen LogP contribution in [0.2, 0.25) is 0 Å². The van der Waals surface area contributed by atoms with Gasteiger partial charge in [0, 0.05) is 41.3 Å². The SMILES string of the molecule is O=C(N[C@@H](CO)C(=O)Nc1nccs1)c1cc2cc3c4c(c2oc1=O)CCCN4CCC3. The lowest BCUT2D eigenvalue weighted by Crippen LogP contribution is -2.47. The van der Waals surface area contributed by atoms with E-state index < -0.39 is 30.1 Å². The number of rotatable bonds is 5. The van der Waals surface area contributed by atoms with Crippen LogP contribution < -0.4 is 21.2 Å². The number of aliphatic hydroxyl groups is 1. The van der Waals surface area contributed by atoms with Gasteiger partial charge in [0.05, 0.1) is 6.61 Å². The Morgan fingerprint density at radius 3 is 2.81 bits per heavy atom. The zero-order chi connectivity index (χ0) is 22.2. The van der Waals surface area contributed by atoms with Gasteiger partial charge in [0.15, 0.2) is 5.13 Å². The number of hydrogen-bond acceptors (Lipinski definition) is 8. The Kier molecular flexibility index (Phi) is 5.40. The van der Waals surface area contributed by atoms with Crippen molar-refractivity contribution in [3.05, 3.63) is 50.8 Å². The van der Waals surface area contributed by atoms with Crippen LogP contribution in [0.4, 0.5) is 10.8 Å². The predicted octanol–water partition coefficient (Wildman–Crippen LogP) is 1.68. The molecule has 166 valence electrons. The second-order valence-corrected chi connectivity index (χ2v) is 8.85. The number of aryl methyl sites for hydroxylation is 2. The van der Waals surface area contributed by atoms with E-state index in [4.69, 9.17) is 4.42 Å². The first kappa shape index (κ1) is 20.7. The molecule has 1 atom stereocenters. The van der Waals surface area contributed by atoms with Gasteiger partial charge in [-0.15, -0.1) is 11.3 Å². The minimum Gasteiger partial charge on any atom is -0.422 e. The molecule has 1 aromatic carbocycles. The van der Waals surface area contributed by atoms with Gasteiger partial charge >= 0.3 is 5.63 Å². The van der Waals surface area contributed by atoms with E-state index in [-0.39, 0.29) is 5.56 Å². The fourth-order valence-corrected chi connectivity index (χ4v) is 5.04. The molecule has 2 amide bonds. The summed E-state index contributed by atoms with van der Waals surface area (Å²) in [5, 5.41) is 17.3. The van der Waals surface area contributed by atoms with Gasteiger partial charge in [-0.1, -0.05) is 0 Å². The van der Waals surface area contributed by atoms with Crippen LogP contribution in [0.25, 0.3) is 11.0 Å². The number of carbonyl (C=O) groups excluding carboxylic acids is 2. The third-order valence-corrected chi connectivity index (χ3v) is 6.62. The van der Waals surface area contributed by atoms with E-state index in [9.17, 15) is 19.5 Å². The molecule has 0 radical (unpaired) electrons. The monoisotopic (exact) mass is 454 g/mol. The molecule has 4 heterocycles. The van der Waals surface area contributed by atoms with Gasteiger partial charge in [-0.05, 0) is 43.4 Å². The molecule has 10 heteroatoms. The van der Waals surface area contributed by atoms with Crippen LogP contribution in [-0.2, 0) is 17.6 Å². The van der Waals surface area contributed by atoms with E-state index in [1.165, 1.54) is 34.9 Å². The Bertz CT molecular complexity index is 1250. The summed E-state index contributed by atoms with van der Waals surface area (Å²) in [7, 11) is 0. The van der Waals surface area contributed by atoms with Gasteiger partial charge in [-0.3, -0.25) is 9.59 Å². The van der Waals surface area contributed by atoms with Crippen molar-refractivity contribution < 1.29 is 19.1 Å². The smallest absolute Gasteiger partial charge is 0.349 e. The third kappa shape index (κ3) is 3.65. The first-order chi connectivity index (χ1) is 15.5. The number of thiazole rings is 1. The van der Waals surface area contributed by atoms with Crippen LogP contribution >= 0.6 is 11.3 Å². The van der Waals surface area contributed by atoms with E-state index in [1.54, 1.807) is 5.38 Å². The van der Waals surface area contributed by atoms with Crippen molar-refractivity contribution in [3.63, 3.8) is 0 Å². The molecule has 3 N–H and O–H groups in total. The topological polar surface area (TPSA) is 125 Å². The number of hydrogen-bond donors (Lipinski definition) is 3. The largest absolute Gasteiger partial charge is 0.422 e. The summed E-state index contributed by atoms with van der Waals surface area (Å²) in [5.41, 5.74) is 2.97. The second kappa shape index (κ2) is 8.36. The maximum Gasteiger partial charge on any atom is 0.349 e. The molecule has 0 saturated carbocycles. The molecule has 3 aromatic rings. The number of aliphatic hydroxyl groups excluding tert-OH is 1. The van der Waals surface area contributed by atoms with Crippen molar-refractivity contribution in [3.8, 4) is 0 Å². The first-order valence-corrected chi connectivity index (χ1v) is 11.4. The normalized spacial score (nSPS) is 15.8. The van der Waals surface area contributed by atoms with Crippen molar-refractivity contribution in [1.29, 1.82) is 0 Å². The van der Waals surface area contributed by atoms with Crippen LogP contribution in [0.3, 0.4) is 0 Å². The summed E-state index contributed by atoms with van der Waals surface area (Å²) in [5.74, 6) is -1.40. The Labute approximate surface area is 187 Å². The van der Waals surface area contributed by atoms with Crippen molar-refractivity contribution in [2.75, 3.05) is 29.9 Å². The maximum absolute atomic E-state index is 12.8. The highest BCUT2D eigenvalue weighted by molar-refractivity contribution is 7.13. The van der Waals surface area contributed by atoms with E-state index in [2.05, 4.69) is 20.5 Å². The van der Waals surface area contributed by atoms with Crippen LogP contribution in [0.15, 0.2) is 32.9 Å². The number of aromatic nitrogens is 1. The number of nitrogens with zero attached hydrogens (tertiary/aromatic N) is 2. The van der Waals surface area contributed by atoms with Crippen LogP contribution in [0.1, 0.15) is 34.3 Å². The Morgan fingerprint density at radius 1 is 1.25 bits per heavy atom. The highest BCUT2D eigenvalue weighted by atomic mass is 32.1. The summed E-state index contributed by atoms with van der Waals surface area (Å²) < 4.78 is 5.63. The molecule has 2 aliphatic rings. The van der Waals surface area contributed by atoms with E-state index in [1.807, 2.05) is 6.07 Å². The Morgan fingerprint density at radius 2 is 2.06 bits per heavy atom. The number of carbonyl (C=O) groups is 2. The fourth-order valence-electron chi connectivity index (χ4n) is 4.51. The highest BCUT2D eigenvalue weighted by Gasteiger charge is 2.28. The number of benzene rings is 1. The van der Waals surface area contributed by atoms with Gasteiger partial charge in [0.2, 0.25) is 0 Å². The summed E-state index contributed by atoms with van der Waals surface area (Å²) in [6, 6.07) is 2.28. The van der Waals surface area contributed by atoms with E-state index in [0.717, 1.165) is 44.3 Å². The highest BCUT2D eigenvalue weighted by Crippen LogP contribution is 2.39. The molecule has 32 heavy (non-hydrogen) atoms. The van der Waals surface area contributed by atoms with Crippen molar-refractivity contribution >= 4 is 44.9 Å². The summed E-state index contributed by atoms with van der Waals surface area (Å²) in [6.45, 7) is 1.37. The van der Waals surface area contributed by atoms with Crippen LogP contribution in [0.5, 0.6) is 0 Å². The average Bonchev–Trinajstić information content (AvgIpc) is 3.30. The minimum atomic E-state index is -1.24. The fraction of sp³-hybridized carbons (Fsp3) is 0.364. The molecule has 0 unspecified atom stereocenters. The number of anilines is 2. The average molecular weight is 455 g/mol. The molecule has 2 aliphatic heterocycles. The molecule has 2 aromatic heterocycles. The standard InChI is InChI=1S/C22H22N4O5S/c27-11-16(20(29)25-22-23-5-8-32-22)24-19(28)15-10-13-9-12-3-1-6-26-7-2-4-14(17(12)26)18(13)31-21(15)30/h5,8-10,16,27H,1-4,6-7,11H2,(H,24,28)(H,23,25,29)/t16-/m0/s1. The predicted molar refractivity (Wildman–Crippen MR) is 120 cm³/mol. The molecule has 0 aliphatic carbocycles. The van der Waals surface area contributed by atoms with E-state index in [0.29, 0.717) is 16.1 Å². The van der Waals surface area contributed by atoms with Crippen molar-refractivity contribution in [1.82, 2.24) is 10.3 Å². The zero-order valence-corrected chi connectivity index (χ0v) is 18.0. The zero-order valence-electron chi connectivity index (χ0n) is 17.2. The molecule has 0 bridgehead atoms. The molecule has 0 fully saturated rings. The summed E-state index contributed by atoms with van der Waals surface area (Å²) in [4.78, 5) is 44.2. The van der Waals surface area contributed by atoms with Gasteiger partial charge < -0.3 is 25.1 Å². The quantitative estimate of drug-likeness (QED) is 0.501. The van der Waals surface area contributed by atoms with Crippen molar-refractivity contribution in [2.24, 2.45) is 0 Å². The molecule has 5 rings (SSSR count). The number of nitrogens with one attached hydrogen (secondary N) is 2. The Balaban J connectivity index is 1.45. The molecular weight excluding hydrogens is 432 g/mol. The Hall–Kier alpha value is -3.24. The van der Waals surface area contributed by atoms with Gasteiger partial charge in [0.25, 0.3) is 11.8 Å². The van der Waals surface area contributed by atoms with Gasteiger partial charge in [-0.2, -0.15) is 0 Å². The lowest BCUT2D eigenvalue weighted by molar-refractivity contribution is -0.118.